The zero-order chi connectivity index (χ0) is 22.3. The summed E-state index contributed by atoms with van der Waals surface area (Å²) in [6.07, 6.45) is 0. The Kier molecular flexibility index (Phi) is 7.07. The molecule has 4 rings (SSSR count). The van der Waals surface area contributed by atoms with Crippen LogP contribution in [0.1, 0.15) is 24.1 Å². The molecule has 5 nitrogen and oxygen atoms in total. The van der Waals surface area contributed by atoms with Crippen LogP contribution in [0.5, 0.6) is 5.75 Å². The van der Waals surface area contributed by atoms with Gasteiger partial charge in [-0.1, -0.05) is 72.8 Å². The zero-order valence-electron chi connectivity index (χ0n) is 18.8. The van der Waals surface area contributed by atoms with Gasteiger partial charge in [0.1, 0.15) is 5.75 Å². The Bertz CT molecular complexity index is 962. The van der Waals surface area contributed by atoms with Gasteiger partial charge in [-0.3, -0.25) is 9.69 Å². The van der Waals surface area contributed by atoms with Gasteiger partial charge < -0.3 is 15.0 Å². The first-order valence-corrected chi connectivity index (χ1v) is 11.2. The summed E-state index contributed by atoms with van der Waals surface area (Å²) in [5.41, 5.74) is 3.28. The van der Waals surface area contributed by atoms with E-state index in [1.807, 2.05) is 61.5 Å². The molecule has 3 aromatic carbocycles. The summed E-state index contributed by atoms with van der Waals surface area (Å²) in [6.45, 7) is 5.38. The summed E-state index contributed by atoms with van der Waals surface area (Å²) < 4.78 is 5.52. The number of ether oxygens (including phenoxy) is 1. The average molecular weight is 430 g/mol. The van der Waals surface area contributed by atoms with Gasteiger partial charge >= 0.3 is 0 Å². The number of anilines is 1. The first kappa shape index (κ1) is 21.9. The topological polar surface area (TPSA) is 44.8 Å². The minimum atomic E-state index is -0.204. The van der Waals surface area contributed by atoms with Crippen molar-refractivity contribution in [1.29, 1.82) is 0 Å². The maximum Gasteiger partial charge on any atom is 0.237 e. The van der Waals surface area contributed by atoms with E-state index in [-0.39, 0.29) is 18.0 Å². The van der Waals surface area contributed by atoms with Crippen LogP contribution in [0.2, 0.25) is 0 Å². The average Bonchev–Trinajstić information content (AvgIpc) is 2.87. The van der Waals surface area contributed by atoms with Gasteiger partial charge in [0.15, 0.2) is 0 Å². The van der Waals surface area contributed by atoms with Crippen LogP contribution in [0.15, 0.2) is 84.9 Å². The normalized spacial score (nSPS) is 15.4. The fraction of sp³-hybridized carbons (Fsp3) is 0.296. The molecule has 0 aliphatic carbocycles. The van der Waals surface area contributed by atoms with E-state index in [1.165, 1.54) is 0 Å². The Morgan fingerprint density at radius 1 is 0.812 bits per heavy atom. The minimum Gasteiger partial charge on any atom is -0.495 e. The van der Waals surface area contributed by atoms with Gasteiger partial charge in [-0.2, -0.15) is 0 Å². The maximum atomic E-state index is 13.3. The SMILES string of the molecule is COc1ccccc1N1CCN(C(C)C(=O)NC(c2ccccc2)c2ccccc2)CC1. The van der Waals surface area contributed by atoms with Gasteiger partial charge in [0.2, 0.25) is 5.91 Å². The molecule has 1 heterocycles. The van der Waals surface area contributed by atoms with Crippen LogP contribution in [0, 0.1) is 0 Å². The molecule has 1 N–H and O–H groups in total. The Hall–Kier alpha value is -3.31. The first-order chi connectivity index (χ1) is 15.7. The van der Waals surface area contributed by atoms with Crippen molar-refractivity contribution in [2.45, 2.75) is 19.0 Å². The van der Waals surface area contributed by atoms with Crippen molar-refractivity contribution in [2.75, 3.05) is 38.2 Å². The van der Waals surface area contributed by atoms with Gasteiger partial charge in [-0.25, -0.2) is 0 Å². The Balaban J connectivity index is 1.42. The predicted molar refractivity (Wildman–Crippen MR) is 129 cm³/mol. The molecule has 1 aliphatic heterocycles. The van der Waals surface area contributed by atoms with Crippen molar-refractivity contribution >= 4 is 11.6 Å². The molecular formula is C27H31N3O2. The summed E-state index contributed by atoms with van der Waals surface area (Å²) in [4.78, 5) is 17.9. The lowest BCUT2D eigenvalue weighted by Gasteiger charge is -2.39. The molecule has 32 heavy (non-hydrogen) atoms. The van der Waals surface area contributed by atoms with Crippen molar-refractivity contribution in [1.82, 2.24) is 10.2 Å². The Morgan fingerprint density at radius 2 is 1.34 bits per heavy atom. The number of piperazine rings is 1. The second-order valence-electron chi connectivity index (χ2n) is 8.13. The van der Waals surface area contributed by atoms with Crippen molar-refractivity contribution in [3.63, 3.8) is 0 Å². The van der Waals surface area contributed by atoms with E-state index in [1.54, 1.807) is 7.11 Å². The number of benzene rings is 3. The van der Waals surface area contributed by atoms with Gasteiger partial charge in [-0.15, -0.1) is 0 Å². The summed E-state index contributed by atoms with van der Waals surface area (Å²) >= 11 is 0. The van der Waals surface area contributed by atoms with Crippen LogP contribution >= 0.6 is 0 Å². The Labute approximate surface area is 190 Å². The lowest BCUT2D eigenvalue weighted by atomic mass is 9.98. The van der Waals surface area contributed by atoms with Crippen LogP contribution in [0.4, 0.5) is 5.69 Å². The summed E-state index contributed by atoms with van der Waals surface area (Å²) in [5, 5.41) is 3.29. The lowest BCUT2D eigenvalue weighted by molar-refractivity contribution is -0.126. The quantitative estimate of drug-likeness (QED) is 0.614. The van der Waals surface area contributed by atoms with E-state index in [4.69, 9.17) is 4.74 Å². The second-order valence-corrected chi connectivity index (χ2v) is 8.13. The molecule has 1 saturated heterocycles. The third-order valence-electron chi connectivity index (χ3n) is 6.22. The zero-order valence-corrected chi connectivity index (χ0v) is 18.8. The molecule has 5 heteroatoms. The van der Waals surface area contributed by atoms with Crippen molar-refractivity contribution < 1.29 is 9.53 Å². The number of amides is 1. The lowest BCUT2D eigenvalue weighted by Crippen LogP contribution is -2.54. The van der Waals surface area contributed by atoms with E-state index in [0.29, 0.717) is 0 Å². The number of hydrogen-bond donors (Lipinski definition) is 1. The number of nitrogens with zero attached hydrogens (tertiary/aromatic N) is 2. The summed E-state index contributed by atoms with van der Waals surface area (Å²) in [6, 6.07) is 28.0. The van der Waals surface area contributed by atoms with Crippen LogP contribution < -0.4 is 15.0 Å². The summed E-state index contributed by atoms with van der Waals surface area (Å²) in [5.74, 6) is 0.939. The van der Waals surface area contributed by atoms with E-state index in [0.717, 1.165) is 48.7 Å². The molecule has 0 saturated carbocycles. The van der Waals surface area contributed by atoms with Gasteiger partial charge in [0.25, 0.3) is 0 Å². The number of hydrogen-bond acceptors (Lipinski definition) is 4. The van der Waals surface area contributed by atoms with Crippen LogP contribution in [-0.2, 0) is 4.79 Å². The van der Waals surface area contributed by atoms with Crippen molar-refractivity contribution in [2.24, 2.45) is 0 Å². The van der Waals surface area contributed by atoms with E-state index in [9.17, 15) is 4.79 Å². The number of methoxy groups -OCH3 is 1. The third kappa shape index (κ3) is 4.94. The van der Waals surface area contributed by atoms with E-state index in [2.05, 4.69) is 45.4 Å². The summed E-state index contributed by atoms with van der Waals surface area (Å²) in [7, 11) is 1.71. The molecule has 1 amide bonds. The molecule has 0 bridgehead atoms. The highest BCUT2D eigenvalue weighted by atomic mass is 16.5. The number of carbonyl (C=O) groups is 1. The van der Waals surface area contributed by atoms with E-state index >= 15 is 0 Å². The number of rotatable bonds is 7. The molecule has 1 fully saturated rings. The minimum absolute atomic E-state index is 0.0495. The highest BCUT2D eigenvalue weighted by Crippen LogP contribution is 2.29. The van der Waals surface area contributed by atoms with Crippen molar-refractivity contribution in [3.05, 3.63) is 96.1 Å². The molecule has 0 aromatic heterocycles. The molecule has 1 unspecified atom stereocenters. The molecule has 1 atom stereocenters. The standard InChI is InChI=1S/C27H31N3O2/c1-21(29-17-19-30(20-18-29)24-15-9-10-16-25(24)32-2)27(31)28-26(22-11-5-3-6-12-22)23-13-7-4-8-14-23/h3-16,21,26H,17-20H2,1-2H3,(H,28,31). The highest BCUT2D eigenvalue weighted by molar-refractivity contribution is 5.82. The van der Waals surface area contributed by atoms with Crippen LogP contribution in [0.3, 0.4) is 0 Å². The molecule has 0 spiro atoms. The first-order valence-electron chi connectivity index (χ1n) is 11.2. The van der Waals surface area contributed by atoms with Crippen LogP contribution in [-0.4, -0.2) is 50.1 Å². The van der Waals surface area contributed by atoms with Gasteiger partial charge in [0.05, 0.1) is 24.9 Å². The number of para-hydroxylation sites is 2. The smallest absolute Gasteiger partial charge is 0.237 e. The van der Waals surface area contributed by atoms with E-state index < -0.39 is 0 Å². The van der Waals surface area contributed by atoms with Gasteiger partial charge in [-0.05, 0) is 30.2 Å². The number of nitrogens with one attached hydrogen (secondary N) is 1. The fourth-order valence-corrected chi connectivity index (χ4v) is 4.32. The molecule has 3 aromatic rings. The maximum absolute atomic E-state index is 13.3. The molecule has 0 radical (unpaired) electrons. The highest BCUT2D eigenvalue weighted by Gasteiger charge is 2.28. The predicted octanol–water partition coefficient (Wildman–Crippen LogP) is 4.11. The monoisotopic (exact) mass is 429 g/mol. The second kappa shape index (κ2) is 10.3. The fourth-order valence-electron chi connectivity index (χ4n) is 4.32. The van der Waals surface area contributed by atoms with Crippen LogP contribution in [0.25, 0.3) is 0 Å². The van der Waals surface area contributed by atoms with Gasteiger partial charge in [0, 0.05) is 26.2 Å². The largest absolute Gasteiger partial charge is 0.495 e. The molecular weight excluding hydrogens is 398 g/mol. The van der Waals surface area contributed by atoms with Crippen molar-refractivity contribution in [3.8, 4) is 5.75 Å². The number of carbonyl (C=O) groups excluding carboxylic acids is 1. The third-order valence-corrected chi connectivity index (χ3v) is 6.22. The molecule has 166 valence electrons. The Morgan fingerprint density at radius 3 is 1.91 bits per heavy atom. The molecule has 1 aliphatic rings.